The predicted octanol–water partition coefficient (Wildman–Crippen LogP) is 2.14. The van der Waals surface area contributed by atoms with E-state index in [1.54, 1.807) is 0 Å². The number of halogens is 1. The monoisotopic (exact) mass is 195 g/mol. The molecule has 0 atom stereocenters. The van der Waals surface area contributed by atoms with Crippen LogP contribution in [0.2, 0.25) is 0 Å². The van der Waals surface area contributed by atoms with Gasteiger partial charge < -0.3 is 5.32 Å². The highest BCUT2D eigenvalue weighted by molar-refractivity contribution is 5.85. The van der Waals surface area contributed by atoms with Crippen molar-refractivity contribution in [1.82, 2.24) is 5.32 Å². The van der Waals surface area contributed by atoms with E-state index in [0.717, 1.165) is 6.54 Å². The molecule has 0 unspecified atom stereocenters. The molecule has 0 aromatic heterocycles. The minimum absolute atomic E-state index is 0. The maximum Gasteiger partial charge on any atom is 0.0576 e. The molecule has 1 aromatic carbocycles. The molecule has 70 valence electrons. The third kappa shape index (κ3) is 3.98. The lowest BCUT2D eigenvalue weighted by molar-refractivity contribution is 0.766. The summed E-state index contributed by atoms with van der Waals surface area (Å²) < 4.78 is 0. The lowest BCUT2D eigenvalue weighted by Crippen LogP contribution is -2.13. The molecule has 1 nitrogen and oxygen atoms in total. The molecule has 0 amide bonds. The van der Waals surface area contributed by atoms with Crippen LogP contribution in [0.4, 0.5) is 0 Å². The van der Waals surface area contributed by atoms with Crippen molar-refractivity contribution >= 4 is 12.4 Å². The molecule has 0 radical (unpaired) electrons. The maximum absolute atomic E-state index is 5.12. The topological polar surface area (TPSA) is 12.0 Å². The lowest BCUT2D eigenvalue weighted by Gasteiger charge is -2.04. The highest BCUT2D eigenvalue weighted by Gasteiger charge is 1.93. The van der Waals surface area contributed by atoms with Crippen LogP contribution in [-0.4, -0.2) is 6.54 Å². The first-order chi connectivity index (χ1) is 5.84. The van der Waals surface area contributed by atoms with Gasteiger partial charge in [0.05, 0.1) is 6.54 Å². The molecule has 0 fully saturated rings. The van der Waals surface area contributed by atoms with Crippen LogP contribution in [0.1, 0.15) is 11.1 Å². The fourth-order valence-corrected chi connectivity index (χ4v) is 1.08. The van der Waals surface area contributed by atoms with Crippen LogP contribution in [0.15, 0.2) is 24.3 Å². The van der Waals surface area contributed by atoms with Crippen LogP contribution < -0.4 is 5.32 Å². The summed E-state index contributed by atoms with van der Waals surface area (Å²) in [7, 11) is 0. The molecule has 1 N–H and O–H groups in total. The summed E-state index contributed by atoms with van der Waals surface area (Å²) in [5.41, 5.74) is 2.62. The molecule has 13 heavy (non-hydrogen) atoms. The molecular weight excluding hydrogens is 182 g/mol. The van der Waals surface area contributed by atoms with Crippen molar-refractivity contribution in [1.29, 1.82) is 0 Å². The predicted molar refractivity (Wildman–Crippen MR) is 59.0 cm³/mol. The van der Waals surface area contributed by atoms with Gasteiger partial charge in [0, 0.05) is 6.54 Å². The van der Waals surface area contributed by atoms with Crippen molar-refractivity contribution in [3.05, 3.63) is 35.4 Å². The van der Waals surface area contributed by atoms with Crippen LogP contribution in [0, 0.1) is 19.3 Å². The zero-order chi connectivity index (χ0) is 8.81. The van der Waals surface area contributed by atoms with E-state index in [1.807, 2.05) is 12.1 Å². The number of hydrogen-bond donors (Lipinski definition) is 1. The Kier molecular flexibility index (Phi) is 6.05. The minimum atomic E-state index is 0. The minimum Gasteiger partial charge on any atom is -0.302 e. The molecule has 1 aromatic rings. The molecule has 0 saturated heterocycles. The Labute approximate surface area is 86.0 Å². The van der Waals surface area contributed by atoms with Crippen molar-refractivity contribution in [2.75, 3.05) is 6.54 Å². The fourth-order valence-electron chi connectivity index (χ4n) is 1.08. The molecule has 2 heteroatoms. The molecule has 0 aliphatic carbocycles. The van der Waals surface area contributed by atoms with Gasteiger partial charge in [0.2, 0.25) is 0 Å². The van der Waals surface area contributed by atoms with Gasteiger partial charge in [-0.15, -0.1) is 18.8 Å². The summed E-state index contributed by atoms with van der Waals surface area (Å²) in [6.45, 7) is 3.60. The van der Waals surface area contributed by atoms with Gasteiger partial charge in [-0.1, -0.05) is 30.2 Å². The SMILES string of the molecule is C#CCNCc1ccccc1C.Cl. The van der Waals surface area contributed by atoms with Gasteiger partial charge in [-0.3, -0.25) is 0 Å². The highest BCUT2D eigenvalue weighted by atomic mass is 35.5. The summed E-state index contributed by atoms with van der Waals surface area (Å²) in [5.74, 6) is 2.55. The molecule has 0 heterocycles. The largest absolute Gasteiger partial charge is 0.302 e. The van der Waals surface area contributed by atoms with Gasteiger partial charge in [-0.05, 0) is 18.1 Å². The first-order valence-corrected chi connectivity index (χ1v) is 4.03. The van der Waals surface area contributed by atoms with E-state index < -0.39 is 0 Å². The van der Waals surface area contributed by atoms with Crippen LogP contribution in [-0.2, 0) is 6.54 Å². The third-order valence-corrected chi connectivity index (χ3v) is 1.80. The summed E-state index contributed by atoms with van der Waals surface area (Å²) in [4.78, 5) is 0. The molecule has 0 saturated carbocycles. The van der Waals surface area contributed by atoms with Gasteiger partial charge in [0.25, 0.3) is 0 Å². The van der Waals surface area contributed by atoms with E-state index in [9.17, 15) is 0 Å². The zero-order valence-electron chi connectivity index (χ0n) is 7.71. The van der Waals surface area contributed by atoms with Gasteiger partial charge >= 0.3 is 0 Å². The molecular formula is C11H14ClN. The molecule has 0 aliphatic rings. The van der Waals surface area contributed by atoms with E-state index in [1.165, 1.54) is 11.1 Å². The van der Waals surface area contributed by atoms with E-state index in [2.05, 4.69) is 30.3 Å². The van der Waals surface area contributed by atoms with E-state index >= 15 is 0 Å². The maximum atomic E-state index is 5.12. The summed E-state index contributed by atoms with van der Waals surface area (Å²) in [5, 5.41) is 3.16. The molecule has 0 bridgehead atoms. The summed E-state index contributed by atoms with van der Waals surface area (Å²) >= 11 is 0. The van der Waals surface area contributed by atoms with Crippen molar-refractivity contribution in [3.63, 3.8) is 0 Å². The second kappa shape index (κ2) is 6.54. The average Bonchev–Trinajstić information content (AvgIpc) is 2.09. The second-order valence-electron chi connectivity index (χ2n) is 2.73. The Morgan fingerprint density at radius 1 is 1.38 bits per heavy atom. The van der Waals surface area contributed by atoms with Crippen LogP contribution >= 0.6 is 12.4 Å². The number of terminal acetylenes is 1. The first kappa shape index (κ1) is 12.0. The Balaban J connectivity index is 0.00000144. The lowest BCUT2D eigenvalue weighted by atomic mass is 10.1. The second-order valence-corrected chi connectivity index (χ2v) is 2.73. The molecule has 0 aliphatic heterocycles. The summed E-state index contributed by atoms with van der Waals surface area (Å²) in [6, 6.07) is 8.30. The Morgan fingerprint density at radius 3 is 2.69 bits per heavy atom. The number of benzene rings is 1. The van der Waals surface area contributed by atoms with Crippen LogP contribution in [0.3, 0.4) is 0 Å². The van der Waals surface area contributed by atoms with E-state index in [-0.39, 0.29) is 12.4 Å². The number of hydrogen-bond acceptors (Lipinski definition) is 1. The Bertz CT molecular complexity index is 288. The van der Waals surface area contributed by atoms with Gasteiger partial charge in [0.15, 0.2) is 0 Å². The average molecular weight is 196 g/mol. The standard InChI is InChI=1S/C11H13N.ClH/c1-3-8-12-9-11-7-5-4-6-10(11)2;/h1,4-7,12H,8-9H2,2H3;1H. The molecule has 0 spiro atoms. The first-order valence-electron chi connectivity index (χ1n) is 4.03. The zero-order valence-corrected chi connectivity index (χ0v) is 8.53. The fraction of sp³-hybridized carbons (Fsp3) is 0.273. The van der Waals surface area contributed by atoms with Crippen molar-refractivity contribution in [3.8, 4) is 12.3 Å². The Hall–Kier alpha value is -0.970. The normalized spacial score (nSPS) is 8.62. The third-order valence-electron chi connectivity index (χ3n) is 1.80. The van der Waals surface area contributed by atoms with Crippen LogP contribution in [0.25, 0.3) is 0 Å². The molecule has 1 rings (SSSR count). The smallest absolute Gasteiger partial charge is 0.0576 e. The summed E-state index contributed by atoms with van der Waals surface area (Å²) in [6.07, 6.45) is 5.12. The van der Waals surface area contributed by atoms with Gasteiger partial charge in [-0.25, -0.2) is 0 Å². The highest BCUT2D eigenvalue weighted by Crippen LogP contribution is 2.05. The van der Waals surface area contributed by atoms with Gasteiger partial charge in [0.1, 0.15) is 0 Å². The number of rotatable bonds is 3. The van der Waals surface area contributed by atoms with Crippen molar-refractivity contribution < 1.29 is 0 Å². The van der Waals surface area contributed by atoms with E-state index in [0.29, 0.717) is 6.54 Å². The van der Waals surface area contributed by atoms with E-state index in [4.69, 9.17) is 6.42 Å². The Morgan fingerprint density at radius 2 is 2.08 bits per heavy atom. The van der Waals surface area contributed by atoms with Crippen molar-refractivity contribution in [2.24, 2.45) is 0 Å². The van der Waals surface area contributed by atoms with Gasteiger partial charge in [-0.2, -0.15) is 0 Å². The quantitative estimate of drug-likeness (QED) is 0.576. The number of nitrogens with one attached hydrogen (secondary N) is 1. The van der Waals surface area contributed by atoms with Crippen molar-refractivity contribution in [2.45, 2.75) is 13.5 Å². The number of aryl methyl sites for hydroxylation is 1. The van der Waals surface area contributed by atoms with Crippen LogP contribution in [0.5, 0.6) is 0 Å².